The van der Waals surface area contributed by atoms with Gasteiger partial charge in [-0.3, -0.25) is 9.78 Å². The third-order valence-electron chi connectivity index (χ3n) is 4.82. The van der Waals surface area contributed by atoms with Gasteiger partial charge in [0.2, 0.25) is 0 Å². The van der Waals surface area contributed by atoms with Crippen LogP contribution in [0.1, 0.15) is 35.4 Å². The van der Waals surface area contributed by atoms with E-state index in [1.807, 2.05) is 30.3 Å². The molecule has 27 heavy (non-hydrogen) atoms. The highest BCUT2D eigenvalue weighted by molar-refractivity contribution is 5.96. The second-order valence-corrected chi connectivity index (χ2v) is 6.83. The predicted molar refractivity (Wildman–Crippen MR) is 97.6 cm³/mol. The van der Waals surface area contributed by atoms with Crippen molar-refractivity contribution >= 4 is 22.8 Å². The van der Waals surface area contributed by atoms with Crippen LogP contribution in [0.25, 0.3) is 16.6 Å². The molecule has 0 spiro atoms. The Labute approximate surface area is 155 Å². The standard InChI is InChI=1S/C19H19N5O3/c1-11-16(18(25)21-14(19(26)27)10-12-7-8-12)22-23-24(11)15-6-2-4-13-5-3-9-20-17(13)15/h2-6,9,12,14H,7-8,10H2,1H3,(H,21,25)(H,26,27). The molecule has 2 heterocycles. The molecule has 1 saturated carbocycles. The second-order valence-electron chi connectivity index (χ2n) is 6.83. The predicted octanol–water partition coefficient (Wildman–Crippen LogP) is 2.11. The van der Waals surface area contributed by atoms with E-state index in [2.05, 4.69) is 20.6 Å². The van der Waals surface area contributed by atoms with Gasteiger partial charge in [-0.25, -0.2) is 9.48 Å². The minimum Gasteiger partial charge on any atom is -0.480 e. The third kappa shape index (κ3) is 3.38. The summed E-state index contributed by atoms with van der Waals surface area (Å²) >= 11 is 0. The summed E-state index contributed by atoms with van der Waals surface area (Å²) in [5, 5.41) is 21.0. The number of nitrogens with zero attached hydrogens (tertiary/aromatic N) is 4. The number of carbonyl (C=O) groups is 2. The molecule has 8 nitrogen and oxygen atoms in total. The zero-order valence-electron chi connectivity index (χ0n) is 14.8. The Morgan fingerprint density at radius 2 is 2.07 bits per heavy atom. The minimum absolute atomic E-state index is 0.116. The fraction of sp³-hybridized carbons (Fsp3) is 0.316. The maximum absolute atomic E-state index is 12.6. The average molecular weight is 365 g/mol. The van der Waals surface area contributed by atoms with E-state index in [9.17, 15) is 14.7 Å². The fourth-order valence-corrected chi connectivity index (χ4v) is 3.16. The smallest absolute Gasteiger partial charge is 0.326 e. The average Bonchev–Trinajstić information content (AvgIpc) is 3.40. The molecule has 1 amide bonds. The van der Waals surface area contributed by atoms with E-state index in [4.69, 9.17) is 0 Å². The first-order valence-electron chi connectivity index (χ1n) is 8.84. The van der Waals surface area contributed by atoms with E-state index in [1.165, 1.54) is 0 Å². The van der Waals surface area contributed by atoms with Gasteiger partial charge < -0.3 is 10.4 Å². The van der Waals surface area contributed by atoms with Gasteiger partial charge in [0.15, 0.2) is 5.69 Å². The van der Waals surface area contributed by atoms with E-state index >= 15 is 0 Å². The Bertz CT molecular complexity index is 1020. The van der Waals surface area contributed by atoms with Crippen molar-refractivity contribution in [1.82, 2.24) is 25.3 Å². The topological polar surface area (TPSA) is 110 Å². The number of amides is 1. The van der Waals surface area contributed by atoms with Crippen LogP contribution in [0.15, 0.2) is 36.5 Å². The van der Waals surface area contributed by atoms with Crippen molar-refractivity contribution in [2.45, 2.75) is 32.2 Å². The van der Waals surface area contributed by atoms with Crippen LogP contribution >= 0.6 is 0 Å². The number of benzene rings is 1. The summed E-state index contributed by atoms with van der Waals surface area (Å²) in [5.74, 6) is -1.18. The molecule has 8 heteroatoms. The highest BCUT2D eigenvalue weighted by Gasteiger charge is 2.31. The summed E-state index contributed by atoms with van der Waals surface area (Å²) in [7, 11) is 0. The Hall–Kier alpha value is -3.29. The molecule has 4 rings (SSSR count). The third-order valence-corrected chi connectivity index (χ3v) is 4.82. The van der Waals surface area contributed by atoms with E-state index in [1.54, 1.807) is 17.8 Å². The molecule has 1 unspecified atom stereocenters. The summed E-state index contributed by atoms with van der Waals surface area (Å²) in [6.07, 6.45) is 4.18. The van der Waals surface area contributed by atoms with Gasteiger partial charge in [0.25, 0.3) is 5.91 Å². The number of nitrogens with one attached hydrogen (secondary N) is 1. The van der Waals surface area contributed by atoms with Crippen molar-refractivity contribution in [3.8, 4) is 5.69 Å². The van der Waals surface area contributed by atoms with Crippen LogP contribution in [0, 0.1) is 12.8 Å². The van der Waals surface area contributed by atoms with Crippen molar-refractivity contribution < 1.29 is 14.7 Å². The summed E-state index contributed by atoms with van der Waals surface area (Å²) in [6, 6.07) is 8.57. The number of carbonyl (C=O) groups excluding carboxylic acids is 1. The second kappa shape index (κ2) is 6.79. The molecule has 0 bridgehead atoms. The van der Waals surface area contributed by atoms with Crippen molar-refractivity contribution in [3.05, 3.63) is 47.9 Å². The fourth-order valence-electron chi connectivity index (χ4n) is 3.16. The zero-order valence-corrected chi connectivity index (χ0v) is 14.8. The highest BCUT2D eigenvalue weighted by Crippen LogP contribution is 2.33. The van der Waals surface area contributed by atoms with E-state index in [-0.39, 0.29) is 5.69 Å². The van der Waals surface area contributed by atoms with Gasteiger partial charge in [-0.2, -0.15) is 0 Å². The zero-order chi connectivity index (χ0) is 19.0. The van der Waals surface area contributed by atoms with Crippen LogP contribution in [0.2, 0.25) is 0 Å². The molecule has 0 saturated heterocycles. The summed E-state index contributed by atoms with van der Waals surface area (Å²) in [6.45, 7) is 1.73. The first kappa shape index (κ1) is 17.1. The number of fused-ring (bicyclic) bond motifs is 1. The van der Waals surface area contributed by atoms with Crippen LogP contribution in [0.5, 0.6) is 0 Å². The van der Waals surface area contributed by atoms with Crippen molar-refractivity contribution in [3.63, 3.8) is 0 Å². The molecule has 1 aromatic carbocycles. The van der Waals surface area contributed by atoms with Crippen molar-refractivity contribution in [2.24, 2.45) is 5.92 Å². The SMILES string of the molecule is Cc1c(C(=O)NC(CC2CC2)C(=O)O)nnn1-c1cccc2cccnc12. The number of carboxylic acids is 1. The molecule has 1 fully saturated rings. The number of aromatic nitrogens is 4. The largest absolute Gasteiger partial charge is 0.480 e. The van der Waals surface area contributed by atoms with Gasteiger partial charge in [0, 0.05) is 11.6 Å². The van der Waals surface area contributed by atoms with Crippen LogP contribution in [-0.4, -0.2) is 43.0 Å². The molecular formula is C19H19N5O3. The Morgan fingerprint density at radius 3 is 2.81 bits per heavy atom. The maximum atomic E-state index is 12.6. The summed E-state index contributed by atoms with van der Waals surface area (Å²) < 4.78 is 1.56. The first-order chi connectivity index (χ1) is 13.0. The lowest BCUT2D eigenvalue weighted by molar-refractivity contribution is -0.139. The molecule has 1 aliphatic rings. The Balaban J connectivity index is 1.63. The molecule has 2 aromatic heterocycles. The lowest BCUT2D eigenvalue weighted by atomic mass is 10.1. The lowest BCUT2D eigenvalue weighted by Gasteiger charge is -2.13. The van der Waals surface area contributed by atoms with Gasteiger partial charge in [-0.05, 0) is 31.4 Å². The maximum Gasteiger partial charge on any atom is 0.326 e. The number of hydrogen-bond acceptors (Lipinski definition) is 5. The molecular weight excluding hydrogens is 346 g/mol. The monoisotopic (exact) mass is 365 g/mol. The Kier molecular flexibility index (Phi) is 4.31. The van der Waals surface area contributed by atoms with E-state index < -0.39 is 17.9 Å². The molecule has 1 atom stereocenters. The van der Waals surface area contributed by atoms with Gasteiger partial charge in [0.05, 0.1) is 16.9 Å². The number of hydrogen-bond donors (Lipinski definition) is 2. The van der Waals surface area contributed by atoms with Gasteiger partial charge in [-0.15, -0.1) is 5.10 Å². The lowest BCUT2D eigenvalue weighted by Crippen LogP contribution is -2.41. The Morgan fingerprint density at radius 1 is 1.30 bits per heavy atom. The minimum atomic E-state index is -1.03. The van der Waals surface area contributed by atoms with Crippen LogP contribution in [0.3, 0.4) is 0 Å². The molecule has 1 aliphatic carbocycles. The van der Waals surface area contributed by atoms with Gasteiger partial charge in [-0.1, -0.05) is 36.3 Å². The number of aliphatic carboxylic acids is 1. The van der Waals surface area contributed by atoms with Crippen LogP contribution < -0.4 is 5.32 Å². The van der Waals surface area contributed by atoms with E-state index in [0.717, 1.165) is 23.7 Å². The summed E-state index contributed by atoms with van der Waals surface area (Å²) in [4.78, 5) is 28.4. The number of rotatable bonds is 6. The normalized spacial score (nSPS) is 14.9. The van der Waals surface area contributed by atoms with E-state index in [0.29, 0.717) is 23.7 Å². The van der Waals surface area contributed by atoms with Crippen molar-refractivity contribution in [1.29, 1.82) is 0 Å². The molecule has 2 N–H and O–H groups in total. The molecule has 3 aromatic rings. The molecule has 0 aliphatic heterocycles. The number of pyridine rings is 1. The van der Waals surface area contributed by atoms with Crippen molar-refractivity contribution in [2.75, 3.05) is 0 Å². The van der Waals surface area contributed by atoms with Gasteiger partial charge in [0.1, 0.15) is 6.04 Å². The highest BCUT2D eigenvalue weighted by atomic mass is 16.4. The number of carboxylic acid groups (broad SMARTS) is 1. The molecule has 138 valence electrons. The molecule has 0 radical (unpaired) electrons. The van der Waals surface area contributed by atoms with Gasteiger partial charge >= 0.3 is 5.97 Å². The van der Waals surface area contributed by atoms with Crippen LogP contribution in [0.4, 0.5) is 0 Å². The first-order valence-corrected chi connectivity index (χ1v) is 8.84. The van der Waals surface area contributed by atoms with Crippen LogP contribution in [-0.2, 0) is 4.79 Å². The quantitative estimate of drug-likeness (QED) is 0.692. The summed E-state index contributed by atoms with van der Waals surface area (Å²) in [5.41, 5.74) is 2.10. The number of para-hydroxylation sites is 1.